The number of nitrogens with zero attached hydrogens (tertiary/aromatic N) is 1. The Bertz CT molecular complexity index is 1140. The summed E-state index contributed by atoms with van der Waals surface area (Å²) < 4.78 is 6.12. The Balaban J connectivity index is 1.40. The summed E-state index contributed by atoms with van der Waals surface area (Å²) in [6, 6.07) is 26.0. The van der Waals surface area contributed by atoms with E-state index in [0.29, 0.717) is 5.92 Å². The molecule has 0 unspecified atom stereocenters. The van der Waals surface area contributed by atoms with Crippen molar-refractivity contribution in [3.8, 4) is 5.75 Å². The lowest BCUT2D eigenvalue weighted by Gasteiger charge is -2.38. The zero-order valence-corrected chi connectivity index (χ0v) is 20.2. The second kappa shape index (κ2) is 10.0. The minimum absolute atomic E-state index is 0.0368. The molecule has 2 atom stereocenters. The van der Waals surface area contributed by atoms with Crippen molar-refractivity contribution in [1.29, 1.82) is 0 Å². The SMILES string of the molecule is Cc1cccc(CN2CCc3ccc(O[C@H](C)C(=O)NCC4CC4)cc3[C@H]2c2ccccc2)c1. The van der Waals surface area contributed by atoms with Crippen molar-refractivity contribution in [2.75, 3.05) is 13.1 Å². The van der Waals surface area contributed by atoms with E-state index in [-0.39, 0.29) is 11.9 Å². The van der Waals surface area contributed by atoms with Gasteiger partial charge in [0.1, 0.15) is 5.75 Å². The predicted molar refractivity (Wildman–Crippen MR) is 136 cm³/mol. The molecule has 1 N–H and O–H groups in total. The van der Waals surface area contributed by atoms with Crippen LogP contribution in [0.5, 0.6) is 5.75 Å². The van der Waals surface area contributed by atoms with Gasteiger partial charge in [-0.05, 0) is 73.4 Å². The van der Waals surface area contributed by atoms with E-state index in [2.05, 4.69) is 83.9 Å². The topological polar surface area (TPSA) is 41.6 Å². The first kappa shape index (κ1) is 22.7. The molecule has 0 saturated heterocycles. The van der Waals surface area contributed by atoms with Crippen LogP contribution >= 0.6 is 0 Å². The fourth-order valence-corrected chi connectivity index (χ4v) is 4.93. The van der Waals surface area contributed by atoms with Crippen molar-refractivity contribution >= 4 is 5.91 Å². The minimum Gasteiger partial charge on any atom is -0.481 e. The Hall–Kier alpha value is -3.11. The number of benzene rings is 3. The van der Waals surface area contributed by atoms with Gasteiger partial charge in [-0.15, -0.1) is 0 Å². The van der Waals surface area contributed by atoms with Crippen LogP contribution < -0.4 is 10.1 Å². The van der Waals surface area contributed by atoms with Crippen LogP contribution in [-0.2, 0) is 17.8 Å². The highest BCUT2D eigenvalue weighted by atomic mass is 16.5. The molecule has 3 aromatic carbocycles. The maximum absolute atomic E-state index is 12.5. The normalized spacial score (nSPS) is 18.7. The molecule has 1 aliphatic carbocycles. The highest BCUT2D eigenvalue weighted by Gasteiger charge is 2.30. The highest BCUT2D eigenvalue weighted by molar-refractivity contribution is 5.80. The van der Waals surface area contributed by atoms with E-state index in [4.69, 9.17) is 4.74 Å². The Morgan fingerprint density at radius 3 is 2.65 bits per heavy atom. The van der Waals surface area contributed by atoms with Crippen LogP contribution in [0, 0.1) is 12.8 Å². The molecular formula is C30H34N2O2. The fourth-order valence-electron chi connectivity index (χ4n) is 4.93. The number of fused-ring (bicyclic) bond motifs is 1. The van der Waals surface area contributed by atoms with Crippen LogP contribution in [0.25, 0.3) is 0 Å². The van der Waals surface area contributed by atoms with E-state index in [9.17, 15) is 4.79 Å². The average molecular weight is 455 g/mol. The number of amides is 1. The number of ether oxygens (including phenoxy) is 1. The number of aryl methyl sites for hydroxylation is 1. The van der Waals surface area contributed by atoms with E-state index in [1.165, 1.54) is 40.7 Å². The van der Waals surface area contributed by atoms with Crippen LogP contribution in [0.3, 0.4) is 0 Å². The van der Waals surface area contributed by atoms with Gasteiger partial charge in [0.15, 0.2) is 6.10 Å². The van der Waals surface area contributed by atoms with E-state index < -0.39 is 6.10 Å². The summed E-state index contributed by atoms with van der Waals surface area (Å²) >= 11 is 0. The Labute approximate surface area is 202 Å². The van der Waals surface area contributed by atoms with Crippen LogP contribution in [-0.4, -0.2) is 30.0 Å². The zero-order chi connectivity index (χ0) is 23.5. The van der Waals surface area contributed by atoms with Crippen molar-refractivity contribution in [2.24, 2.45) is 5.92 Å². The van der Waals surface area contributed by atoms with Gasteiger partial charge >= 0.3 is 0 Å². The van der Waals surface area contributed by atoms with Gasteiger partial charge in [0, 0.05) is 19.6 Å². The lowest BCUT2D eigenvalue weighted by molar-refractivity contribution is -0.127. The number of rotatable bonds is 8. The molecule has 1 aliphatic heterocycles. The summed E-state index contributed by atoms with van der Waals surface area (Å²) in [6.07, 6.45) is 2.93. The van der Waals surface area contributed by atoms with Gasteiger partial charge in [0.2, 0.25) is 0 Å². The van der Waals surface area contributed by atoms with Gasteiger partial charge in [0.25, 0.3) is 5.91 Å². The molecule has 0 bridgehead atoms. The van der Waals surface area contributed by atoms with Gasteiger partial charge in [-0.25, -0.2) is 0 Å². The van der Waals surface area contributed by atoms with Crippen LogP contribution in [0.4, 0.5) is 0 Å². The summed E-state index contributed by atoms with van der Waals surface area (Å²) in [5, 5.41) is 3.03. The van der Waals surface area contributed by atoms with E-state index in [1.807, 2.05) is 13.0 Å². The smallest absolute Gasteiger partial charge is 0.260 e. The molecule has 1 heterocycles. The first-order chi connectivity index (χ1) is 16.6. The van der Waals surface area contributed by atoms with Gasteiger partial charge in [0.05, 0.1) is 6.04 Å². The molecule has 1 fully saturated rings. The molecule has 2 aliphatic rings. The average Bonchev–Trinajstić information content (AvgIpc) is 3.67. The van der Waals surface area contributed by atoms with Crippen LogP contribution in [0.2, 0.25) is 0 Å². The number of carbonyl (C=O) groups excluding carboxylic acids is 1. The number of nitrogens with one attached hydrogen (secondary N) is 1. The highest BCUT2D eigenvalue weighted by Crippen LogP contribution is 2.38. The maximum Gasteiger partial charge on any atom is 0.260 e. The van der Waals surface area contributed by atoms with E-state index in [0.717, 1.165) is 31.8 Å². The third-order valence-corrected chi connectivity index (χ3v) is 6.97. The molecule has 3 aromatic rings. The number of carbonyl (C=O) groups is 1. The Kier molecular flexibility index (Phi) is 6.68. The zero-order valence-electron chi connectivity index (χ0n) is 20.2. The Morgan fingerprint density at radius 1 is 1.06 bits per heavy atom. The maximum atomic E-state index is 12.5. The fraction of sp³-hybridized carbons (Fsp3) is 0.367. The number of hydrogen-bond donors (Lipinski definition) is 1. The standard InChI is InChI=1S/C30H34N2O2/c1-21-7-6-8-24(17-21)20-32-16-15-25-13-14-27(34-22(2)30(33)31-19-23-11-12-23)18-28(25)29(32)26-9-4-3-5-10-26/h3-10,13-14,17-18,22-23,29H,11-12,15-16,19-20H2,1-2H3,(H,31,33)/t22-,29-/m1/s1. The molecule has 4 heteroatoms. The summed E-state index contributed by atoms with van der Waals surface area (Å²) in [5.41, 5.74) is 6.53. The molecule has 34 heavy (non-hydrogen) atoms. The van der Waals surface area contributed by atoms with E-state index >= 15 is 0 Å². The molecule has 5 rings (SSSR count). The molecule has 0 radical (unpaired) electrons. The number of hydrogen-bond acceptors (Lipinski definition) is 3. The molecule has 1 saturated carbocycles. The van der Waals surface area contributed by atoms with Crippen LogP contribution in [0.15, 0.2) is 72.8 Å². The predicted octanol–water partition coefficient (Wildman–Crippen LogP) is 5.44. The molecule has 0 aromatic heterocycles. The Morgan fingerprint density at radius 2 is 1.88 bits per heavy atom. The van der Waals surface area contributed by atoms with Crippen molar-refractivity contribution in [3.05, 3.63) is 101 Å². The molecule has 4 nitrogen and oxygen atoms in total. The molecule has 0 spiro atoms. The lowest BCUT2D eigenvalue weighted by Crippen LogP contribution is -2.37. The minimum atomic E-state index is -0.515. The van der Waals surface area contributed by atoms with Gasteiger partial charge in [-0.3, -0.25) is 9.69 Å². The summed E-state index contributed by atoms with van der Waals surface area (Å²) in [5.74, 6) is 1.38. The molecular weight excluding hydrogens is 420 g/mol. The van der Waals surface area contributed by atoms with Gasteiger partial charge < -0.3 is 10.1 Å². The third kappa shape index (κ3) is 5.34. The molecule has 176 valence electrons. The first-order valence-electron chi connectivity index (χ1n) is 12.5. The van der Waals surface area contributed by atoms with Crippen molar-refractivity contribution in [3.63, 3.8) is 0 Å². The van der Waals surface area contributed by atoms with Crippen LogP contribution in [0.1, 0.15) is 53.6 Å². The van der Waals surface area contributed by atoms with E-state index in [1.54, 1.807) is 0 Å². The largest absolute Gasteiger partial charge is 0.481 e. The summed E-state index contributed by atoms with van der Waals surface area (Å²) in [4.78, 5) is 15.1. The van der Waals surface area contributed by atoms with Crippen molar-refractivity contribution in [1.82, 2.24) is 10.2 Å². The molecule has 1 amide bonds. The monoisotopic (exact) mass is 454 g/mol. The van der Waals surface area contributed by atoms with Gasteiger partial charge in [-0.1, -0.05) is 66.2 Å². The van der Waals surface area contributed by atoms with Crippen molar-refractivity contribution < 1.29 is 9.53 Å². The summed E-state index contributed by atoms with van der Waals surface area (Å²) in [7, 11) is 0. The third-order valence-electron chi connectivity index (χ3n) is 6.97. The van der Waals surface area contributed by atoms with Gasteiger partial charge in [-0.2, -0.15) is 0 Å². The van der Waals surface area contributed by atoms with Crippen molar-refractivity contribution in [2.45, 2.75) is 51.8 Å². The first-order valence-corrected chi connectivity index (χ1v) is 12.5. The lowest BCUT2D eigenvalue weighted by atomic mass is 9.87. The summed E-state index contributed by atoms with van der Waals surface area (Å²) in [6.45, 7) is 6.64. The second-order valence-corrected chi connectivity index (χ2v) is 9.83. The second-order valence-electron chi connectivity index (χ2n) is 9.83. The quantitative estimate of drug-likeness (QED) is 0.493.